The molecule has 0 radical (unpaired) electrons. The van der Waals surface area contributed by atoms with Crippen molar-refractivity contribution in [2.24, 2.45) is 0 Å². The van der Waals surface area contributed by atoms with Gasteiger partial charge in [0.15, 0.2) is 11.5 Å². The molecule has 0 fully saturated rings. The summed E-state index contributed by atoms with van der Waals surface area (Å²) < 4.78 is 43.1. The molecule has 0 aliphatic heterocycles. The van der Waals surface area contributed by atoms with Gasteiger partial charge in [0.05, 0.1) is 17.5 Å². The van der Waals surface area contributed by atoms with Gasteiger partial charge in [-0.2, -0.15) is 22.8 Å². The molecule has 33 heavy (non-hydrogen) atoms. The average Bonchev–Trinajstić information content (AvgIpc) is 3.49. The fourth-order valence-corrected chi connectivity index (χ4v) is 3.25. The molecule has 12 heteroatoms. The smallest absolute Gasteiger partial charge is 0.304 e. The van der Waals surface area contributed by atoms with Gasteiger partial charge in [0.25, 0.3) is 5.91 Å². The Balaban J connectivity index is 1.49. The van der Waals surface area contributed by atoms with E-state index >= 15 is 0 Å². The van der Waals surface area contributed by atoms with Crippen LogP contribution in [0.2, 0.25) is 0 Å². The summed E-state index contributed by atoms with van der Waals surface area (Å²) in [6.45, 7) is 0. The Morgan fingerprint density at radius 2 is 1.73 bits per heavy atom. The summed E-state index contributed by atoms with van der Waals surface area (Å²) >= 11 is 0. The standard InChI is InChI=1S/C21H13F3N8O/c22-21(23,24)14-5-2-1-4-13(14)15-8-9-17-25-10-19(32(17)30-15)29-20(33)16-6-3-7-18(28-16)31-11-26-27-12-31/h1-12H,(H,29,33). The normalized spacial score (nSPS) is 11.6. The highest BCUT2D eigenvalue weighted by Gasteiger charge is 2.33. The predicted molar refractivity (Wildman–Crippen MR) is 111 cm³/mol. The molecular weight excluding hydrogens is 437 g/mol. The zero-order valence-electron chi connectivity index (χ0n) is 16.6. The number of alkyl halides is 3. The van der Waals surface area contributed by atoms with Crippen LogP contribution in [0.4, 0.5) is 19.0 Å². The zero-order valence-corrected chi connectivity index (χ0v) is 16.6. The van der Waals surface area contributed by atoms with Crippen molar-refractivity contribution < 1.29 is 18.0 Å². The van der Waals surface area contributed by atoms with Gasteiger partial charge in [-0.25, -0.2) is 9.97 Å². The average molecular weight is 450 g/mol. The Kier molecular flexibility index (Phi) is 4.81. The van der Waals surface area contributed by atoms with Crippen LogP contribution >= 0.6 is 0 Å². The van der Waals surface area contributed by atoms with E-state index in [-0.39, 0.29) is 22.8 Å². The summed E-state index contributed by atoms with van der Waals surface area (Å²) in [6.07, 6.45) is -0.290. The van der Waals surface area contributed by atoms with E-state index in [1.54, 1.807) is 12.1 Å². The molecule has 164 valence electrons. The molecule has 0 aliphatic rings. The van der Waals surface area contributed by atoms with Crippen LogP contribution in [-0.4, -0.2) is 40.3 Å². The minimum atomic E-state index is -4.54. The molecule has 0 saturated heterocycles. The van der Waals surface area contributed by atoms with Gasteiger partial charge in [-0.1, -0.05) is 24.3 Å². The Labute approximate surface area is 183 Å². The number of hydrogen-bond donors (Lipinski definition) is 1. The highest BCUT2D eigenvalue weighted by molar-refractivity contribution is 6.02. The number of imidazole rings is 1. The Morgan fingerprint density at radius 1 is 0.939 bits per heavy atom. The van der Waals surface area contributed by atoms with E-state index < -0.39 is 17.6 Å². The molecule has 0 unspecified atom stereocenters. The minimum absolute atomic E-state index is 0.0802. The largest absolute Gasteiger partial charge is 0.417 e. The Morgan fingerprint density at radius 3 is 2.52 bits per heavy atom. The third-order valence-corrected chi connectivity index (χ3v) is 4.76. The first kappa shape index (κ1) is 20.3. The highest BCUT2D eigenvalue weighted by atomic mass is 19.4. The maximum atomic E-state index is 13.4. The van der Waals surface area contributed by atoms with E-state index in [9.17, 15) is 18.0 Å². The topological polar surface area (TPSA) is 103 Å². The van der Waals surface area contributed by atoms with E-state index in [2.05, 4.69) is 30.6 Å². The molecule has 0 spiro atoms. The van der Waals surface area contributed by atoms with Crippen LogP contribution < -0.4 is 5.32 Å². The number of pyridine rings is 1. The van der Waals surface area contributed by atoms with Gasteiger partial charge >= 0.3 is 6.18 Å². The number of carbonyl (C=O) groups is 1. The minimum Gasteiger partial charge on any atom is -0.304 e. The Bertz CT molecular complexity index is 1460. The first-order valence-electron chi connectivity index (χ1n) is 9.55. The van der Waals surface area contributed by atoms with Crippen LogP contribution in [0.15, 0.2) is 73.4 Å². The van der Waals surface area contributed by atoms with Gasteiger partial charge in [-0.15, -0.1) is 10.2 Å². The molecule has 4 aromatic heterocycles. The number of aromatic nitrogens is 7. The maximum absolute atomic E-state index is 13.4. The van der Waals surface area contributed by atoms with Crippen LogP contribution in [0.5, 0.6) is 0 Å². The molecule has 9 nitrogen and oxygen atoms in total. The van der Waals surface area contributed by atoms with Crippen molar-refractivity contribution in [1.82, 2.24) is 34.3 Å². The molecular formula is C21H13F3N8O. The quantitative estimate of drug-likeness (QED) is 0.449. The van der Waals surface area contributed by atoms with E-state index in [0.29, 0.717) is 11.5 Å². The summed E-state index contributed by atoms with van der Waals surface area (Å²) in [7, 11) is 0. The van der Waals surface area contributed by atoms with Crippen LogP contribution in [0.1, 0.15) is 16.1 Å². The Hall–Kier alpha value is -4.61. The van der Waals surface area contributed by atoms with Crippen LogP contribution in [-0.2, 0) is 6.18 Å². The van der Waals surface area contributed by atoms with Crippen molar-refractivity contribution in [1.29, 1.82) is 0 Å². The van der Waals surface area contributed by atoms with E-state index in [1.807, 2.05) is 0 Å². The van der Waals surface area contributed by atoms with Gasteiger partial charge in [0.1, 0.15) is 24.2 Å². The van der Waals surface area contributed by atoms with Gasteiger partial charge in [-0.3, -0.25) is 9.36 Å². The number of nitrogens with zero attached hydrogens (tertiary/aromatic N) is 7. The lowest BCUT2D eigenvalue weighted by Gasteiger charge is -2.12. The zero-order chi connectivity index (χ0) is 23.0. The summed E-state index contributed by atoms with van der Waals surface area (Å²) in [4.78, 5) is 21.2. The second kappa shape index (κ2) is 7.82. The monoisotopic (exact) mass is 450 g/mol. The lowest BCUT2D eigenvalue weighted by molar-refractivity contribution is -0.137. The van der Waals surface area contributed by atoms with Crippen molar-refractivity contribution in [3.63, 3.8) is 0 Å². The van der Waals surface area contributed by atoms with Crippen molar-refractivity contribution >= 4 is 17.4 Å². The number of halogens is 3. The van der Waals surface area contributed by atoms with Gasteiger partial charge in [0, 0.05) is 5.56 Å². The lowest BCUT2D eigenvalue weighted by Crippen LogP contribution is -2.16. The number of anilines is 1. The molecule has 4 heterocycles. The SMILES string of the molecule is O=C(Nc1cnc2ccc(-c3ccccc3C(F)(F)F)nn12)c1cccc(-n2cnnc2)n1. The molecule has 5 rings (SSSR count). The number of rotatable bonds is 4. The third-order valence-electron chi connectivity index (χ3n) is 4.76. The first-order valence-corrected chi connectivity index (χ1v) is 9.55. The fraction of sp³-hybridized carbons (Fsp3) is 0.0476. The summed E-state index contributed by atoms with van der Waals surface area (Å²) in [5.41, 5.74) is -0.352. The van der Waals surface area contributed by atoms with Crippen molar-refractivity contribution in [2.45, 2.75) is 6.18 Å². The second-order valence-corrected chi connectivity index (χ2v) is 6.88. The van der Waals surface area contributed by atoms with Crippen molar-refractivity contribution in [2.75, 3.05) is 5.32 Å². The van der Waals surface area contributed by atoms with Gasteiger partial charge < -0.3 is 5.32 Å². The van der Waals surface area contributed by atoms with Gasteiger partial charge in [0.2, 0.25) is 0 Å². The van der Waals surface area contributed by atoms with Crippen LogP contribution in [0.3, 0.4) is 0 Å². The molecule has 1 N–H and O–H groups in total. The molecule has 0 aliphatic carbocycles. The van der Waals surface area contributed by atoms with Crippen molar-refractivity contribution in [3.05, 3.63) is 84.7 Å². The number of amides is 1. The van der Waals surface area contributed by atoms with E-state index in [0.717, 1.165) is 6.07 Å². The third kappa shape index (κ3) is 3.89. The molecule has 1 aromatic carbocycles. The van der Waals surface area contributed by atoms with Crippen LogP contribution in [0.25, 0.3) is 22.7 Å². The van der Waals surface area contributed by atoms with E-state index in [1.165, 1.54) is 64.3 Å². The second-order valence-electron chi connectivity index (χ2n) is 6.88. The number of carbonyl (C=O) groups excluding carboxylic acids is 1. The van der Waals surface area contributed by atoms with Crippen LogP contribution in [0, 0.1) is 0 Å². The highest BCUT2D eigenvalue weighted by Crippen LogP contribution is 2.36. The van der Waals surface area contributed by atoms with Crippen molar-refractivity contribution in [3.8, 4) is 17.1 Å². The number of hydrogen-bond acceptors (Lipinski definition) is 6. The predicted octanol–water partition coefficient (Wildman–Crippen LogP) is 3.64. The summed E-state index contributed by atoms with van der Waals surface area (Å²) in [6, 6.07) is 13.0. The molecule has 0 saturated carbocycles. The number of nitrogens with one attached hydrogen (secondary N) is 1. The number of fused-ring (bicyclic) bond motifs is 1. The van der Waals surface area contributed by atoms with E-state index in [4.69, 9.17) is 0 Å². The summed E-state index contributed by atoms with van der Waals surface area (Å²) in [5, 5.41) is 14.3. The molecule has 0 atom stereocenters. The molecule has 5 aromatic rings. The van der Waals surface area contributed by atoms with Gasteiger partial charge in [-0.05, 0) is 30.3 Å². The molecule has 0 bridgehead atoms. The maximum Gasteiger partial charge on any atom is 0.417 e. The first-order chi connectivity index (χ1) is 15.9. The fourth-order valence-electron chi connectivity index (χ4n) is 3.25. The summed E-state index contributed by atoms with van der Waals surface area (Å²) in [5.74, 6) is 0.0717. The number of benzene rings is 1. The molecule has 1 amide bonds. The lowest BCUT2D eigenvalue weighted by atomic mass is 10.0.